The third-order valence-electron chi connectivity index (χ3n) is 5.60. The van der Waals surface area contributed by atoms with E-state index >= 15 is 0 Å². The molecule has 0 aliphatic carbocycles. The summed E-state index contributed by atoms with van der Waals surface area (Å²) in [5.41, 5.74) is 2.72. The van der Waals surface area contributed by atoms with Crippen LogP contribution in [0.1, 0.15) is 57.9 Å². The van der Waals surface area contributed by atoms with Crippen LogP contribution in [0.25, 0.3) is 5.57 Å². The Kier molecular flexibility index (Phi) is 7.83. The Labute approximate surface area is 180 Å². The molecule has 1 heterocycles. The van der Waals surface area contributed by atoms with Gasteiger partial charge in [0.15, 0.2) is 0 Å². The van der Waals surface area contributed by atoms with Crippen LogP contribution in [0.3, 0.4) is 0 Å². The van der Waals surface area contributed by atoms with Gasteiger partial charge in [-0.1, -0.05) is 87.6 Å². The number of anilines is 1. The van der Waals surface area contributed by atoms with Gasteiger partial charge in [0.25, 0.3) is 11.8 Å². The van der Waals surface area contributed by atoms with Crippen molar-refractivity contribution in [2.24, 2.45) is 0 Å². The number of carbonyl (C=O) groups is 2. The molecule has 0 atom stereocenters. The minimum absolute atomic E-state index is 0.177. The lowest BCUT2D eigenvalue weighted by atomic mass is 10.0. The van der Waals surface area contributed by atoms with Crippen molar-refractivity contribution < 1.29 is 9.59 Å². The Morgan fingerprint density at radius 1 is 0.733 bits per heavy atom. The van der Waals surface area contributed by atoms with Gasteiger partial charge in [-0.25, -0.2) is 0 Å². The highest BCUT2D eigenvalue weighted by Gasteiger charge is 2.41. The van der Waals surface area contributed by atoms with Crippen LogP contribution in [0.4, 0.5) is 5.69 Å². The molecule has 0 saturated carbocycles. The molecule has 0 bridgehead atoms. The molecule has 0 saturated heterocycles. The number of hydrogen-bond donors (Lipinski definition) is 0. The smallest absolute Gasteiger partial charge is 0.278 e. The third kappa shape index (κ3) is 4.81. The fourth-order valence-electron chi connectivity index (χ4n) is 4.01. The summed E-state index contributed by atoms with van der Waals surface area (Å²) in [5, 5.41) is 0. The van der Waals surface area contributed by atoms with Gasteiger partial charge in [0.1, 0.15) is 5.70 Å². The van der Waals surface area contributed by atoms with Crippen molar-refractivity contribution in [3.8, 4) is 0 Å². The second kappa shape index (κ2) is 10.8. The van der Waals surface area contributed by atoms with Crippen LogP contribution in [0.15, 0.2) is 66.4 Å². The predicted octanol–water partition coefficient (Wildman–Crippen LogP) is 5.65. The van der Waals surface area contributed by atoms with Crippen LogP contribution in [0.2, 0.25) is 0 Å². The summed E-state index contributed by atoms with van der Waals surface area (Å²) in [7, 11) is 0. The molecule has 1 aliphatic rings. The Hall–Kier alpha value is -2.88. The fraction of sp³-hybridized carbons (Fsp3) is 0.385. The minimum Gasteiger partial charge on any atom is -0.337 e. The van der Waals surface area contributed by atoms with Crippen molar-refractivity contribution >= 4 is 23.1 Å². The van der Waals surface area contributed by atoms with Crippen LogP contribution in [0.5, 0.6) is 0 Å². The van der Waals surface area contributed by atoms with Gasteiger partial charge in [0.2, 0.25) is 0 Å². The molecule has 1 aliphatic heterocycles. The van der Waals surface area contributed by atoms with E-state index in [-0.39, 0.29) is 11.8 Å². The first-order chi connectivity index (χ1) is 14.7. The second-order valence-electron chi connectivity index (χ2n) is 7.70. The van der Waals surface area contributed by atoms with Crippen molar-refractivity contribution in [3.05, 3.63) is 71.9 Å². The van der Waals surface area contributed by atoms with Crippen LogP contribution < -0.4 is 4.90 Å². The number of rotatable bonds is 11. The number of hydrogen-bond acceptors (Lipinski definition) is 3. The van der Waals surface area contributed by atoms with E-state index < -0.39 is 0 Å². The fourth-order valence-corrected chi connectivity index (χ4v) is 4.01. The summed E-state index contributed by atoms with van der Waals surface area (Å²) < 4.78 is 0. The Bertz CT molecular complexity index is 874. The van der Waals surface area contributed by atoms with Gasteiger partial charge in [-0.05, 0) is 31.0 Å². The Morgan fingerprint density at radius 2 is 1.33 bits per heavy atom. The quantitative estimate of drug-likeness (QED) is 0.359. The maximum absolute atomic E-state index is 13.4. The molecule has 0 N–H and O–H groups in total. The molecule has 2 aromatic rings. The van der Waals surface area contributed by atoms with E-state index in [0.717, 1.165) is 30.5 Å². The van der Waals surface area contributed by atoms with Gasteiger partial charge in [0, 0.05) is 18.8 Å². The summed E-state index contributed by atoms with van der Waals surface area (Å²) in [4.78, 5) is 30.2. The predicted molar refractivity (Wildman–Crippen MR) is 123 cm³/mol. The number of imide groups is 1. The average Bonchev–Trinajstić information content (AvgIpc) is 3.02. The van der Waals surface area contributed by atoms with E-state index in [2.05, 4.69) is 6.92 Å². The van der Waals surface area contributed by atoms with Crippen molar-refractivity contribution in [1.82, 2.24) is 4.90 Å². The zero-order valence-corrected chi connectivity index (χ0v) is 18.1. The van der Waals surface area contributed by atoms with E-state index in [1.165, 1.54) is 24.2 Å². The van der Waals surface area contributed by atoms with E-state index in [0.29, 0.717) is 24.4 Å². The zero-order chi connectivity index (χ0) is 21.3. The third-order valence-corrected chi connectivity index (χ3v) is 5.60. The van der Waals surface area contributed by atoms with Gasteiger partial charge >= 0.3 is 0 Å². The number of para-hydroxylation sites is 1. The molecule has 30 heavy (non-hydrogen) atoms. The van der Waals surface area contributed by atoms with Gasteiger partial charge < -0.3 is 4.90 Å². The first-order valence-corrected chi connectivity index (χ1v) is 11.2. The lowest BCUT2D eigenvalue weighted by Gasteiger charge is -2.25. The van der Waals surface area contributed by atoms with E-state index in [1.54, 1.807) is 0 Å². The van der Waals surface area contributed by atoms with Crippen molar-refractivity contribution in [3.63, 3.8) is 0 Å². The van der Waals surface area contributed by atoms with Gasteiger partial charge in [-0.15, -0.1) is 0 Å². The topological polar surface area (TPSA) is 40.6 Å². The normalized spacial score (nSPS) is 14.0. The molecule has 4 heteroatoms. The number of amides is 2. The minimum atomic E-state index is -0.182. The lowest BCUT2D eigenvalue weighted by Crippen LogP contribution is -2.36. The monoisotopic (exact) mass is 404 g/mol. The number of benzene rings is 2. The highest BCUT2D eigenvalue weighted by molar-refractivity contribution is 6.36. The molecule has 0 spiro atoms. The summed E-state index contributed by atoms with van der Waals surface area (Å²) in [6.07, 6.45) is 6.73. The summed E-state index contributed by atoms with van der Waals surface area (Å²) in [6.45, 7) is 5.30. The average molecular weight is 405 g/mol. The van der Waals surface area contributed by atoms with E-state index in [9.17, 15) is 9.59 Å². The van der Waals surface area contributed by atoms with Crippen molar-refractivity contribution in [2.75, 3.05) is 18.0 Å². The zero-order valence-electron chi connectivity index (χ0n) is 18.1. The van der Waals surface area contributed by atoms with Crippen LogP contribution in [0, 0.1) is 0 Å². The van der Waals surface area contributed by atoms with Gasteiger partial charge in [0.05, 0.1) is 5.57 Å². The van der Waals surface area contributed by atoms with Crippen molar-refractivity contribution in [2.45, 2.75) is 52.4 Å². The molecule has 0 fully saturated rings. The number of likely N-dealkylation sites (N-methyl/N-ethyl adjacent to an activating group) is 1. The maximum atomic E-state index is 13.4. The second-order valence-corrected chi connectivity index (χ2v) is 7.70. The summed E-state index contributed by atoms with van der Waals surface area (Å²) >= 11 is 0. The SMILES string of the molecule is CCCCCCCCN1C(=O)C(c2ccccc2)=C(N(CC)c2ccccc2)C1=O. The van der Waals surface area contributed by atoms with Crippen molar-refractivity contribution in [1.29, 1.82) is 0 Å². The molecule has 3 rings (SSSR count). The van der Waals surface area contributed by atoms with E-state index in [4.69, 9.17) is 0 Å². The molecule has 158 valence electrons. The van der Waals surface area contributed by atoms with E-state index in [1.807, 2.05) is 72.5 Å². The summed E-state index contributed by atoms with van der Waals surface area (Å²) in [6, 6.07) is 19.4. The van der Waals surface area contributed by atoms with Gasteiger partial charge in [-0.3, -0.25) is 14.5 Å². The van der Waals surface area contributed by atoms with Crippen LogP contribution in [-0.2, 0) is 9.59 Å². The number of carbonyl (C=O) groups excluding carboxylic acids is 2. The number of nitrogens with zero attached hydrogens (tertiary/aromatic N) is 2. The standard InChI is InChI=1S/C26H32N2O2/c1-3-5-6-7-8-15-20-28-25(29)23(21-16-11-9-12-17-21)24(26(28)30)27(4-2)22-18-13-10-14-19-22/h9-14,16-19H,3-8,15,20H2,1-2H3. The first-order valence-electron chi connectivity index (χ1n) is 11.2. The number of unbranched alkanes of at least 4 members (excludes halogenated alkanes) is 5. The molecule has 4 nitrogen and oxygen atoms in total. The highest BCUT2D eigenvalue weighted by atomic mass is 16.2. The molecule has 0 unspecified atom stereocenters. The Morgan fingerprint density at radius 3 is 1.97 bits per heavy atom. The van der Waals surface area contributed by atoms with Crippen LogP contribution >= 0.6 is 0 Å². The first kappa shape index (κ1) is 21.8. The highest BCUT2D eigenvalue weighted by Crippen LogP contribution is 2.34. The molecule has 2 amide bonds. The summed E-state index contributed by atoms with van der Waals surface area (Å²) in [5.74, 6) is -0.359. The van der Waals surface area contributed by atoms with Crippen LogP contribution in [-0.4, -0.2) is 29.8 Å². The molecule has 0 aromatic heterocycles. The van der Waals surface area contributed by atoms with Gasteiger partial charge in [-0.2, -0.15) is 0 Å². The molecule has 2 aromatic carbocycles. The Balaban J connectivity index is 1.88. The largest absolute Gasteiger partial charge is 0.337 e. The maximum Gasteiger partial charge on any atom is 0.278 e. The molecular weight excluding hydrogens is 372 g/mol. The molecular formula is C26H32N2O2. The molecule has 0 radical (unpaired) electrons. The lowest BCUT2D eigenvalue weighted by molar-refractivity contribution is -0.137.